The zero-order valence-electron chi connectivity index (χ0n) is 29.3. The highest BCUT2D eigenvalue weighted by atomic mass is 19.1. The Morgan fingerprint density at radius 3 is 2.62 bits per heavy atom. The maximum Gasteiger partial charge on any atom is 0.329 e. The third kappa shape index (κ3) is 6.40. The van der Waals surface area contributed by atoms with Gasteiger partial charge in [-0.15, -0.1) is 0 Å². The molecule has 2 aliphatic heterocycles. The number of hydrogen-bond acceptors (Lipinski definition) is 8. The third-order valence-electron chi connectivity index (χ3n) is 11.2. The fourth-order valence-electron chi connectivity index (χ4n) is 8.49. The van der Waals surface area contributed by atoms with E-state index >= 15 is 4.39 Å². The van der Waals surface area contributed by atoms with E-state index in [9.17, 15) is 19.2 Å². The summed E-state index contributed by atoms with van der Waals surface area (Å²) in [6.07, 6.45) is 7.66. The minimum absolute atomic E-state index is 0.167. The normalized spacial score (nSPS) is 24.3. The van der Waals surface area contributed by atoms with E-state index in [1.54, 1.807) is 31.4 Å². The molecule has 270 valence electrons. The summed E-state index contributed by atoms with van der Waals surface area (Å²) in [7, 11) is 1.67. The molecule has 0 spiro atoms. The molecule has 4 aromatic heterocycles. The standard InChI is InChI=1S/C38H42FN9O4/c1-22-5-3-7-29(41-22)36(50)42-33-17-24-20-47(44-30(24)18-40-33)25-11-9-23(10-12-25)19-46-16-15-26(28(39)21-46)27-6-4-8-31-35(27)45(2)38(52)48(31)32-13-14-34(49)43-37(32)51/h3-8,17-18,20,23,25-26,28,32H,9-16,19,21H2,1-2H3,(H,42,50)(H,43,49,51)/t23?,25?,26-,28+,32?/m1/s1. The van der Waals surface area contributed by atoms with Gasteiger partial charge in [-0.05, 0) is 87.7 Å². The Hall–Kier alpha value is -5.24. The Labute approximate surface area is 299 Å². The molecule has 3 aliphatic rings. The summed E-state index contributed by atoms with van der Waals surface area (Å²) in [5.74, 6) is -0.576. The number of imide groups is 1. The van der Waals surface area contributed by atoms with Crippen molar-refractivity contribution in [2.75, 3.05) is 25.0 Å². The highest BCUT2D eigenvalue weighted by molar-refractivity contribution is 6.03. The number of likely N-dealkylation sites (tertiary alicyclic amines) is 1. The molecule has 6 heterocycles. The van der Waals surface area contributed by atoms with Gasteiger partial charge in [-0.2, -0.15) is 5.10 Å². The number of nitrogens with zero attached hydrogens (tertiary/aromatic N) is 7. The minimum atomic E-state index is -1.10. The highest BCUT2D eigenvalue weighted by Crippen LogP contribution is 2.38. The molecule has 2 saturated heterocycles. The molecule has 3 atom stereocenters. The van der Waals surface area contributed by atoms with Gasteiger partial charge in [-0.1, -0.05) is 18.2 Å². The molecule has 5 aromatic rings. The maximum atomic E-state index is 16.1. The van der Waals surface area contributed by atoms with E-state index in [2.05, 4.69) is 25.5 Å². The van der Waals surface area contributed by atoms with Crippen LogP contribution in [0.3, 0.4) is 0 Å². The highest BCUT2D eigenvalue weighted by Gasteiger charge is 2.36. The summed E-state index contributed by atoms with van der Waals surface area (Å²) in [4.78, 5) is 61.4. The lowest BCUT2D eigenvalue weighted by Gasteiger charge is -2.38. The molecule has 0 bridgehead atoms. The topological polar surface area (TPSA) is 149 Å². The molecule has 0 radical (unpaired) electrons. The van der Waals surface area contributed by atoms with Crippen LogP contribution in [0.15, 0.2) is 59.7 Å². The van der Waals surface area contributed by atoms with E-state index in [1.807, 2.05) is 42.1 Å². The van der Waals surface area contributed by atoms with Crippen molar-refractivity contribution in [2.45, 2.75) is 76.0 Å². The van der Waals surface area contributed by atoms with Crippen molar-refractivity contribution >= 4 is 45.5 Å². The second kappa shape index (κ2) is 13.7. The molecule has 1 saturated carbocycles. The molecule has 13 nitrogen and oxygen atoms in total. The maximum absolute atomic E-state index is 16.1. The average Bonchev–Trinajstić information content (AvgIpc) is 3.66. The molecule has 8 rings (SSSR count). The Morgan fingerprint density at radius 2 is 1.85 bits per heavy atom. The predicted octanol–water partition coefficient (Wildman–Crippen LogP) is 4.58. The van der Waals surface area contributed by atoms with Gasteiger partial charge in [0.05, 0.1) is 23.3 Å². The number of benzene rings is 1. The quantitative estimate of drug-likeness (QED) is 0.234. The lowest BCUT2D eigenvalue weighted by molar-refractivity contribution is -0.135. The van der Waals surface area contributed by atoms with E-state index in [0.717, 1.165) is 60.9 Å². The number of nitrogens with one attached hydrogen (secondary N) is 2. The number of pyridine rings is 2. The summed E-state index contributed by atoms with van der Waals surface area (Å²) < 4.78 is 21.1. The van der Waals surface area contributed by atoms with Gasteiger partial charge < -0.3 is 10.2 Å². The van der Waals surface area contributed by atoms with Crippen LogP contribution in [0, 0.1) is 12.8 Å². The summed E-state index contributed by atoms with van der Waals surface area (Å²) in [5, 5.41) is 10.9. The van der Waals surface area contributed by atoms with Crippen LogP contribution in [-0.4, -0.2) is 77.3 Å². The molecule has 1 aliphatic carbocycles. The van der Waals surface area contributed by atoms with Crippen molar-refractivity contribution in [1.29, 1.82) is 0 Å². The van der Waals surface area contributed by atoms with Gasteiger partial charge in [0.25, 0.3) is 5.91 Å². The van der Waals surface area contributed by atoms with Crippen molar-refractivity contribution in [3.05, 3.63) is 82.3 Å². The SMILES string of the molecule is Cc1cccc(C(=O)Nc2cc3cn(C4CCC(CN5CC[C@H](c6cccc7c6n(C)c(=O)n7C6CCC(=O)NC6=O)[C@@H](F)C5)CC4)nc3cn2)n1. The first-order valence-corrected chi connectivity index (χ1v) is 18.1. The smallest absolute Gasteiger partial charge is 0.305 e. The zero-order chi connectivity index (χ0) is 36.1. The molecule has 14 heteroatoms. The first kappa shape index (κ1) is 33.9. The Bertz CT molecular complexity index is 2250. The number of aromatic nitrogens is 6. The van der Waals surface area contributed by atoms with Crippen LogP contribution in [0.2, 0.25) is 0 Å². The van der Waals surface area contributed by atoms with Crippen LogP contribution in [0.25, 0.3) is 21.9 Å². The molecule has 2 N–H and O–H groups in total. The Balaban J connectivity index is 0.880. The summed E-state index contributed by atoms with van der Waals surface area (Å²) in [6.45, 7) is 3.78. The third-order valence-corrected chi connectivity index (χ3v) is 11.2. The predicted molar refractivity (Wildman–Crippen MR) is 193 cm³/mol. The molecular formula is C38H42FN9O4. The number of hydrogen-bond donors (Lipinski definition) is 2. The van der Waals surface area contributed by atoms with Gasteiger partial charge in [-0.3, -0.25) is 33.5 Å². The number of imidazole rings is 1. The number of anilines is 1. The molecular weight excluding hydrogens is 665 g/mol. The number of para-hydroxylation sites is 1. The van der Waals surface area contributed by atoms with E-state index in [-0.39, 0.29) is 42.3 Å². The van der Waals surface area contributed by atoms with Gasteiger partial charge in [0.15, 0.2) is 0 Å². The number of rotatable bonds is 7. The Morgan fingerprint density at radius 1 is 1.04 bits per heavy atom. The van der Waals surface area contributed by atoms with Gasteiger partial charge >= 0.3 is 5.69 Å². The molecule has 3 fully saturated rings. The van der Waals surface area contributed by atoms with Gasteiger partial charge in [-0.25, -0.2) is 19.2 Å². The van der Waals surface area contributed by atoms with Crippen LogP contribution in [0.4, 0.5) is 10.2 Å². The van der Waals surface area contributed by atoms with Gasteiger partial charge in [0.2, 0.25) is 11.8 Å². The summed E-state index contributed by atoms with van der Waals surface area (Å²) in [6, 6.07) is 12.2. The van der Waals surface area contributed by atoms with E-state index in [4.69, 9.17) is 5.10 Å². The second-order valence-corrected chi connectivity index (χ2v) is 14.6. The fourth-order valence-corrected chi connectivity index (χ4v) is 8.49. The number of carbonyl (C=O) groups excluding carboxylic acids is 3. The lowest BCUT2D eigenvalue weighted by Crippen LogP contribution is -2.44. The van der Waals surface area contributed by atoms with Crippen molar-refractivity contribution in [2.24, 2.45) is 13.0 Å². The number of aryl methyl sites for hydroxylation is 2. The molecule has 1 unspecified atom stereocenters. The number of piperidine rings is 2. The van der Waals surface area contributed by atoms with Crippen LogP contribution in [0.1, 0.15) is 84.7 Å². The first-order valence-electron chi connectivity index (χ1n) is 18.1. The van der Waals surface area contributed by atoms with Crippen molar-refractivity contribution in [1.82, 2.24) is 39.1 Å². The second-order valence-electron chi connectivity index (χ2n) is 14.6. The average molecular weight is 708 g/mol. The van der Waals surface area contributed by atoms with E-state index < -0.39 is 18.1 Å². The number of carbonyl (C=O) groups is 3. The summed E-state index contributed by atoms with van der Waals surface area (Å²) >= 11 is 0. The largest absolute Gasteiger partial charge is 0.329 e. The molecule has 3 amide bonds. The minimum Gasteiger partial charge on any atom is -0.305 e. The summed E-state index contributed by atoms with van der Waals surface area (Å²) in [5.41, 5.74) is 3.57. The van der Waals surface area contributed by atoms with Gasteiger partial charge in [0.1, 0.15) is 29.2 Å². The Kier molecular flexibility index (Phi) is 8.94. The van der Waals surface area contributed by atoms with Crippen LogP contribution < -0.4 is 16.3 Å². The monoisotopic (exact) mass is 707 g/mol. The van der Waals surface area contributed by atoms with Crippen LogP contribution >= 0.6 is 0 Å². The number of halogens is 1. The zero-order valence-corrected chi connectivity index (χ0v) is 29.3. The molecule has 52 heavy (non-hydrogen) atoms. The van der Waals surface area contributed by atoms with Crippen LogP contribution in [0.5, 0.6) is 0 Å². The van der Waals surface area contributed by atoms with Gasteiger partial charge in [0, 0.05) is 49.8 Å². The van der Waals surface area contributed by atoms with Crippen molar-refractivity contribution < 1.29 is 18.8 Å². The van der Waals surface area contributed by atoms with Crippen LogP contribution in [-0.2, 0) is 16.6 Å². The number of amides is 3. The van der Waals surface area contributed by atoms with E-state index in [1.165, 1.54) is 9.13 Å². The number of alkyl halides is 1. The lowest BCUT2D eigenvalue weighted by atomic mass is 9.83. The molecule has 1 aromatic carbocycles. The van der Waals surface area contributed by atoms with E-state index in [0.29, 0.717) is 41.4 Å². The number of fused-ring (bicyclic) bond motifs is 2. The van der Waals surface area contributed by atoms with Crippen molar-refractivity contribution in [3.63, 3.8) is 0 Å². The first-order chi connectivity index (χ1) is 25.1. The fraction of sp³-hybridized carbons (Fsp3) is 0.447. The van der Waals surface area contributed by atoms with Crippen molar-refractivity contribution in [3.8, 4) is 0 Å².